The van der Waals surface area contributed by atoms with E-state index in [0.717, 1.165) is 11.1 Å². The molecule has 3 nitrogen and oxygen atoms in total. The molecule has 1 aliphatic heterocycles. The number of carbonyl (C=O) groups is 2. The molecule has 0 bridgehead atoms. The summed E-state index contributed by atoms with van der Waals surface area (Å²) in [7, 11) is 0. The molecule has 1 aromatic carbocycles. The SMILES string of the molecule is Cc1c(C)c(Cl)c2c(c1Cl)C(=O)NC2=O. The van der Waals surface area contributed by atoms with Crippen LogP contribution in [0.1, 0.15) is 31.8 Å². The van der Waals surface area contributed by atoms with Crippen LogP contribution in [-0.4, -0.2) is 11.8 Å². The summed E-state index contributed by atoms with van der Waals surface area (Å²) >= 11 is 12.0. The summed E-state index contributed by atoms with van der Waals surface area (Å²) < 4.78 is 0. The van der Waals surface area contributed by atoms with E-state index >= 15 is 0 Å². The second-order valence-electron chi connectivity index (χ2n) is 3.41. The maximum absolute atomic E-state index is 11.4. The molecule has 78 valence electrons. The predicted octanol–water partition coefficient (Wildman–Crippen LogP) is 2.49. The van der Waals surface area contributed by atoms with Gasteiger partial charge in [0.15, 0.2) is 0 Å². The number of benzene rings is 1. The van der Waals surface area contributed by atoms with Gasteiger partial charge >= 0.3 is 0 Å². The quantitative estimate of drug-likeness (QED) is 0.712. The highest BCUT2D eigenvalue weighted by Gasteiger charge is 2.33. The van der Waals surface area contributed by atoms with Gasteiger partial charge in [0.1, 0.15) is 0 Å². The predicted molar refractivity (Wildman–Crippen MR) is 57.7 cm³/mol. The molecule has 0 aromatic heterocycles. The Kier molecular flexibility index (Phi) is 2.24. The molecular formula is C10H7Cl2NO2. The summed E-state index contributed by atoms with van der Waals surface area (Å²) in [5.41, 5.74) is 1.83. The van der Waals surface area contributed by atoms with E-state index in [0.29, 0.717) is 10.0 Å². The van der Waals surface area contributed by atoms with E-state index in [9.17, 15) is 9.59 Å². The van der Waals surface area contributed by atoms with E-state index in [1.165, 1.54) is 0 Å². The minimum absolute atomic E-state index is 0.190. The second kappa shape index (κ2) is 3.22. The van der Waals surface area contributed by atoms with Crippen LogP contribution in [-0.2, 0) is 0 Å². The highest BCUT2D eigenvalue weighted by molar-refractivity contribution is 6.42. The largest absolute Gasteiger partial charge is 0.288 e. The van der Waals surface area contributed by atoms with Crippen LogP contribution < -0.4 is 5.32 Å². The van der Waals surface area contributed by atoms with Gasteiger partial charge in [-0.1, -0.05) is 23.2 Å². The number of rotatable bonds is 0. The molecule has 2 amide bonds. The van der Waals surface area contributed by atoms with Crippen molar-refractivity contribution in [2.45, 2.75) is 13.8 Å². The molecular weight excluding hydrogens is 237 g/mol. The maximum atomic E-state index is 11.4. The van der Waals surface area contributed by atoms with Gasteiger partial charge in [-0.25, -0.2) is 0 Å². The van der Waals surface area contributed by atoms with Crippen molar-refractivity contribution in [1.82, 2.24) is 5.32 Å². The van der Waals surface area contributed by atoms with Gasteiger partial charge in [0, 0.05) is 0 Å². The van der Waals surface area contributed by atoms with Gasteiger partial charge in [0.05, 0.1) is 21.2 Å². The third-order valence-corrected chi connectivity index (χ3v) is 3.54. The smallest absolute Gasteiger partial charge is 0.260 e. The van der Waals surface area contributed by atoms with Gasteiger partial charge in [-0.15, -0.1) is 0 Å². The maximum Gasteiger partial charge on any atom is 0.260 e. The summed E-state index contributed by atoms with van der Waals surface area (Å²) in [6, 6.07) is 0. The molecule has 0 atom stereocenters. The Morgan fingerprint density at radius 1 is 0.867 bits per heavy atom. The number of amides is 2. The van der Waals surface area contributed by atoms with Gasteiger partial charge < -0.3 is 0 Å². The van der Waals surface area contributed by atoms with Gasteiger partial charge in [-0.2, -0.15) is 0 Å². The molecule has 1 heterocycles. The zero-order valence-electron chi connectivity index (χ0n) is 8.07. The lowest BCUT2D eigenvalue weighted by molar-refractivity contribution is 0.0880. The Bertz CT molecular complexity index is 464. The lowest BCUT2D eigenvalue weighted by Crippen LogP contribution is -2.20. The van der Waals surface area contributed by atoms with Crippen molar-refractivity contribution < 1.29 is 9.59 Å². The molecule has 0 fully saturated rings. The summed E-state index contributed by atoms with van der Waals surface area (Å²) in [4.78, 5) is 22.9. The van der Waals surface area contributed by atoms with Crippen molar-refractivity contribution in [3.63, 3.8) is 0 Å². The van der Waals surface area contributed by atoms with Crippen molar-refractivity contribution in [2.75, 3.05) is 0 Å². The topological polar surface area (TPSA) is 46.2 Å². The zero-order chi connectivity index (χ0) is 11.3. The van der Waals surface area contributed by atoms with E-state index in [1.54, 1.807) is 13.8 Å². The average molecular weight is 244 g/mol. The number of halogens is 2. The fraction of sp³-hybridized carbons (Fsp3) is 0.200. The van der Waals surface area contributed by atoms with Crippen LogP contribution in [0.4, 0.5) is 0 Å². The first-order valence-corrected chi connectivity index (χ1v) is 5.04. The van der Waals surface area contributed by atoms with E-state index in [2.05, 4.69) is 5.32 Å². The minimum Gasteiger partial charge on any atom is -0.288 e. The fourth-order valence-corrected chi connectivity index (χ4v) is 2.22. The molecule has 5 heteroatoms. The summed E-state index contributed by atoms with van der Waals surface area (Å²) in [5.74, 6) is -0.963. The van der Waals surface area contributed by atoms with E-state index in [1.807, 2.05) is 0 Å². The summed E-state index contributed by atoms with van der Waals surface area (Å²) in [6.45, 7) is 3.53. The third kappa shape index (κ3) is 1.27. The molecule has 0 saturated heterocycles. The van der Waals surface area contributed by atoms with Crippen LogP contribution in [0.5, 0.6) is 0 Å². The molecule has 0 saturated carbocycles. The number of fused-ring (bicyclic) bond motifs is 1. The Hall–Kier alpha value is -1.06. The molecule has 1 aliphatic rings. The van der Waals surface area contributed by atoms with Crippen molar-refractivity contribution >= 4 is 35.0 Å². The second-order valence-corrected chi connectivity index (χ2v) is 4.17. The van der Waals surface area contributed by atoms with Gasteiger partial charge in [0.2, 0.25) is 0 Å². The van der Waals surface area contributed by atoms with Crippen molar-refractivity contribution in [3.05, 3.63) is 32.3 Å². The highest BCUT2D eigenvalue weighted by atomic mass is 35.5. The molecule has 0 unspecified atom stereocenters. The highest BCUT2D eigenvalue weighted by Crippen LogP contribution is 2.36. The molecule has 0 aliphatic carbocycles. The number of imide groups is 1. The number of carbonyl (C=O) groups excluding carboxylic acids is 2. The van der Waals surface area contributed by atoms with E-state index in [-0.39, 0.29) is 11.1 Å². The van der Waals surface area contributed by atoms with Gasteiger partial charge in [-0.05, 0) is 25.0 Å². The van der Waals surface area contributed by atoms with Crippen LogP contribution in [0, 0.1) is 13.8 Å². The van der Waals surface area contributed by atoms with Gasteiger partial charge in [-0.3, -0.25) is 14.9 Å². The van der Waals surface area contributed by atoms with E-state index in [4.69, 9.17) is 23.2 Å². The van der Waals surface area contributed by atoms with Crippen LogP contribution in [0.15, 0.2) is 0 Å². The summed E-state index contributed by atoms with van der Waals surface area (Å²) in [6.07, 6.45) is 0. The Labute approximate surface area is 96.4 Å². The Morgan fingerprint density at radius 3 is 1.53 bits per heavy atom. The lowest BCUT2D eigenvalue weighted by atomic mass is 10.0. The Morgan fingerprint density at radius 2 is 1.20 bits per heavy atom. The number of hydrogen-bond donors (Lipinski definition) is 1. The first-order chi connectivity index (χ1) is 6.95. The lowest BCUT2D eigenvalue weighted by Gasteiger charge is -2.09. The summed E-state index contributed by atoms with van der Waals surface area (Å²) in [5, 5.41) is 2.77. The van der Waals surface area contributed by atoms with Crippen LogP contribution in [0.25, 0.3) is 0 Å². The first-order valence-electron chi connectivity index (χ1n) is 4.29. The molecule has 0 radical (unpaired) electrons. The standard InChI is InChI=1S/C10H7Cl2NO2/c1-3-4(2)8(12)6-5(7(3)11)9(14)13-10(6)15/h1-2H3,(H,13,14,15). The van der Waals surface area contributed by atoms with Crippen LogP contribution >= 0.6 is 23.2 Å². The van der Waals surface area contributed by atoms with Crippen LogP contribution in [0.3, 0.4) is 0 Å². The van der Waals surface area contributed by atoms with E-state index < -0.39 is 11.8 Å². The number of nitrogens with one attached hydrogen (secondary N) is 1. The van der Waals surface area contributed by atoms with Crippen molar-refractivity contribution in [1.29, 1.82) is 0 Å². The zero-order valence-corrected chi connectivity index (χ0v) is 9.58. The third-order valence-electron chi connectivity index (χ3n) is 2.59. The molecule has 2 rings (SSSR count). The molecule has 1 aromatic rings. The molecule has 15 heavy (non-hydrogen) atoms. The molecule has 1 N–H and O–H groups in total. The van der Waals surface area contributed by atoms with Crippen LogP contribution in [0.2, 0.25) is 10.0 Å². The fourth-order valence-electron chi connectivity index (χ4n) is 1.58. The monoisotopic (exact) mass is 243 g/mol. The number of hydrogen-bond acceptors (Lipinski definition) is 2. The average Bonchev–Trinajstić information content (AvgIpc) is 2.47. The van der Waals surface area contributed by atoms with Crippen molar-refractivity contribution in [3.8, 4) is 0 Å². The van der Waals surface area contributed by atoms with Gasteiger partial charge in [0.25, 0.3) is 11.8 Å². The first kappa shape index (κ1) is 10.5. The van der Waals surface area contributed by atoms with Crippen molar-refractivity contribution in [2.24, 2.45) is 0 Å². The minimum atomic E-state index is -0.481. The normalized spacial score (nSPS) is 14.1. The molecule has 0 spiro atoms. The Balaban J connectivity index is 2.92.